The molecule has 1 N–H and O–H groups in total. The SMILES string of the molecule is O=C(c1ccc[nH]c1=S)N1CCN(S(=O)(=O)c2ccc(Cl)s2)CC1. The zero-order valence-electron chi connectivity index (χ0n) is 12.4. The van der Waals surface area contributed by atoms with Crippen LogP contribution >= 0.6 is 35.2 Å². The fraction of sp³-hybridized carbons (Fsp3) is 0.286. The van der Waals surface area contributed by atoms with Crippen LogP contribution in [-0.2, 0) is 10.0 Å². The molecule has 1 aliphatic heterocycles. The minimum atomic E-state index is -3.56. The van der Waals surface area contributed by atoms with Gasteiger partial charge in [-0.25, -0.2) is 8.42 Å². The van der Waals surface area contributed by atoms with Gasteiger partial charge in [0.15, 0.2) is 0 Å². The zero-order chi connectivity index (χ0) is 17.3. The van der Waals surface area contributed by atoms with Gasteiger partial charge in [-0.2, -0.15) is 4.31 Å². The van der Waals surface area contributed by atoms with E-state index in [1.165, 1.54) is 10.4 Å². The van der Waals surface area contributed by atoms with Crippen molar-refractivity contribution in [2.24, 2.45) is 0 Å². The maximum absolute atomic E-state index is 12.6. The predicted molar refractivity (Wildman–Crippen MR) is 95.6 cm³/mol. The number of nitrogens with one attached hydrogen (secondary N) is 1. The van der Waals surface area contributed by atoms with Crippen LogP contribution in [0.25, 0.3) is 0 Å². The summed E-state index contributed by atoms with van der Waals surface area (Å²) in [6.45, 7) is 1.13. The number of aromatic nitrogens is 1. The molecule has 3 rings (SSSR count). The fourth-order valence-electron chi connectivity index (χ4n) is 2.46. The average molecular weight is 404 g/mol. The number of nitrogens with zero attached hydrogens (tertiary/aromatic N) is 2. The molecule has 128 valence electrons. The van der Waals surface area contributed by atoms with Crippen LogP contribution in [0.15, 0.2) is 34.7 Å². The van der Waals surface area contributed by atoms with Gasteiger partial charge in [0.2, 0.25) is 0 Å². The molecule has 2 aromatic rings. The van der Waals surface area contributed by atoms with Gasteiger partial charge in [-0.15, -0.1) is 11.3 Å². The molecule has 0 aromatic carbocycles. The van der Waals surface area contributed by atoms with Gasteiger partial charge in [-0.1, -0.05) is 23.8 Å². The molecule has 1 saturated heterocycles. The first kappa shape index (κ1) is 17.6. The van der Waals surface area contributed by atoms with Crippen LogP contribution in [0.5, 0.6) is 0 Å². The van der Waals surface area contributed by atoms with Gasteiger partial charge >= 0.3 is 0 Å². The van der Waals surface area contributed by atoms with Crippen molar-refractivity contribution in [2.75, 3.05) is 26.2 Å². The number of pyridine rings is 1. The van der Waals surface area contributed by atoms with E-state index < -0.39 is 10.0 Å². The molecule has 24 heavy (non-hydrogen) atoms. The van der Waals surface area contributed by atoms with Crippen LogP contribution in [0.3, 0.4) is 0 Å². The van der Waals surface area contributed by atoms with Crippen molar-refractivity contribution in [1.29, 1.82) is 0 Å². The summed E-state index contributed by atoms with van der Waals surface area (Å²) in [4.78, 5) is 17.0. The number of rotatable bonds is 3. The van der Waals surface area contributed by atoms with Gasteiger partial charge in [0, 0.05) is 32.4 Å². The Kier molecular flexibility index (Phi) is 5.07. The molecular weight excluding hydrogens is 390 g/mol. The smallest absolute Gasteiger partial charge is 0.256 e. The minimum Gasteiger partial charge on any atom is -0.352 e. The highest BCUT2D eigenvalue weighted by molar-refractivity contribution is 7.91. The summed E-state index contributed by atoms with van der Waals surface area (Å²) in [6, 6.07) is 6.45. The third kappa shape index (κ3) is 3.40. The number of carbonyl (C=O) groups is 1. The number of halogens is 1. The maximum atomic E-state index is 12.6. The molecule has 1 amide bonds. The van der Waals surface area contributed by atoms with E-state index in [4.69, 9.17) is 23.8 Å². The topological polar surface area (TPSA) is 73.5 Å². The van der Waals surface area contributed by atoms with Gasteiger partial charge in [-0.3, -0.25) is 4.79 Å². The van der Waals surface area contributed by atoms with Gasteiger partial charge in [0.25, 0.3) is 15.9 Å². The molecule has 0 spiro atoms. The van der Waals surface area contributed by atoms with E-state index in [0.29, 0.717) is 27.6 Å². The van der Waals surface area contributed by atoms with Crippen molar-refractivity contribution in [3.05, 3.63) is 45.0 Å². The lowest BCUT2D eigenvalue weighted by atomic mass is 10.2. The number of aromatic amines is 1. The van der Waals surface area contributed by atoms with Crippen LogP contribution in [0, 0.1) is 4.64 Å². The first-order chi connectivity index (χ1) is 11.4. The third-order valence-electron chi connectivity index (χ3n) is 3.72. The van der Waals surface area contributed by atoms with E-state index in [0.717, 1.165) is 11.3 Å². The van der Waals surface area contributed by atoms with Gasteiger partial charge in [-0.05, 0) is 24.3 Å². The zero-order valence-corrected chi connectivity index (χ0v) is 15.6. The Balaban J connectivity index is 1.71. The lowest BCUT2D eigenvalue weighted by Gasteiger charge is -2.33. The molecule has 10 heteroatoms. The number of sulfonamides is 1. The van der Waals surface area contributed by atoms with Gasteiger partial charge in [0.05, 0.1) is 9.90 Å². The molecule has 0 bridgehead atoms. The van der Waals surface area contributed by atoms with Crippen LogP contribution in [0.4, 0.5) is 0 Å². The van der Waals surface area contributed by atoms with Crippen molar-refractivity contribution in [2.45, 2.75) is 4.21 Å². The first-order valence-corrected chi connectivity index (χ1v) is 10.2. The number of thiophene rings is 1. The van der Waals surface area contributed by atoms with Crippen LogP contribution in [0.1, 0.15) is 10.4 Å². The molecule has 0 radical (unpaired) electrons. The summed E-state index contributed by atoms with van der Waals surface area (Å²) < 4.78 is 27.5. The summed E-state index contributed by atoms with van der Waals surface area (Å²) in [5, 5.41) is 0. The Morgan fingerprint density at radius 2 is 1.92 bits per heavy atom. The molecule has 1 fully saturated rings. The molecule has 0 atom stereocenters. The van der Waals surface area contributed by atoms with Crippen LogP contribution in [0.2, 0.25) is 4.34 Å². The van der Waals surface area contributed by atoms with Gasteiger partial charge in [0.1, 0.15) is 8.85 Å². The molecule has 1 aliphatic rings. The summed E-state index contributed by atoms with van der Waals surface area (Å²) >= 11 is 12.0. The van der Waals surface area contributed by atoms with Crippen molar-refractivity contribution < 1.29 is 13.2 Å². The van der Waals surface area contributed by atoms with E-state index in [2.05, 4.69) is 4.98 Å². The molecule has 0 saturated carbocycles. The number of carbonyl (C=O) groups excluding carboxylic acids is 1. The number of hydrogen-bond donors (Lipinski definition) is 1. The summed E-state index contributed by atoms with van der Waals surface area (Å²) in [7, 11) is -3.56. The molecule has 6 nitrogen and oxygen atoms in total. The fourth-order valence-corrected chi connectivity index (χ4v) is 5.74. The normalized spacial score (nSPS) is 16.3. The molecule has 3 heterocycles. The van der Waals surface area contributed by atoms with E-state index >= 15 is 0 Å². The highest BCUT2D eigenvalue weighted by atomic mass is 35.5. The predicted octanol–water partition coefficient (Wildman–Crippen LogP) is 2.61. The Labute approximate surface area is 153 Å². The Bertz CT molecular complexity index is 914. The second-order valence-corrected chi connectivity index (χ2v) is 9.46. The quantitative estimate of drug-likeness (QED) is 0.799. The minimum absolute atomic E-state index is 0.187. The highest BCUT2D eigenvalue weighted by Crippen LogP contribution is 2.28. The second-order valence-electron chi connectivity index (χ2n) is 5.17. The summed E-state index contributed by atoms with van der Waals surface area (Å²) in [5.74, 6) is -0.187. The first-order valence-electron chi connectivity index (χ1n) is 7.12. The van der Waals surface area contributed by atoms with Crippen molar-refractivity contribution in [3.8, 4) is 0 Å². The standard InChI is InChI=1S/C14H14ClN3O3S3/c15-11-3-4-12(23-11)24(20,21)18-8-6-17(7-9-18)14(19)10-2-1-5-16-13(10)22/h1-5H,6-9H2,(H,16,22). The second kappa shape index (κ2) is 6.93. The van der Waals surface area contributed by atoms with Crippen LogP contribution < -0.4 is 0 Å². The number of amides is 1. The summed E-state index contributed by atoms with van der Waals surface area (Å²) in [6.07, 6.45) is 1.66. The van der Waals surface area contributed by atoms with Crippen molar-refractivity contribution >= 4 is 51.1 Å². The Hall–Kier alpha value is -1.26. The van der Waals surface area contributed by atoms with E-state index in [1.54, 1.807) is 29.3 Å². The van der Waals surface area contributed by atoms with Crippen LogP contribution in [-0.4, -0.2) is 54.7 Å². The highest BCUT2D eigenvalue weighted by Gasteiger charge is 2.31. The molecular formula is C14H14ClN3O3S3. The Morgan fingerprint density at radius 1 is 1.21 bits per heavy atom. The lowest BCUT2D eigenvalue weighted by Crippen LogP contribution is -2.50. The average Bonchev–Trinajstić information content (AvgIpc) is 3.02. The van der Waals surface area contributed by atoms with Crippen molar-refractivity contribution in [3.63, 3.8) is 0 Å². The molecule has 0 unspecified atom stereocenters. The largest absolute Gasteiger partial charge is 0.352 e. The Morgan fingerprint density at radius 3 is 2.50 bits per heavy atom. The molecule has 0 aliphatic carbocycles. The number of H-pyrrole nitrogens is 1. The van der Waals surface area contributed by atoms with E-state index in [1.807, 2.05) is 0 Å². The number of piperazine rings is 1. The summed E-state index contributed by atoms with van der Waals surface area (Å²) in [5.41, 5.74) is 0.425. The number of hydrogen-bond acceptors (Lipinski definition) is 5. The monoisotopic (exact) mass is 403 g/mol. The van der Waals surface area contributed by atoms with E-state index in [9.17, 15) is 13.2 Å². The molecule has 2 aromatic heterocycles. The lowest BCUT2D eigenvalue weighted by molar-refractivity contribution is 0.0697. The van der Waals surface area contributed by atoms with Crippen molar-refractivity contribution in [1.82, 2.24) is 14.2 Å². The van der Waals surface area contributed by atoms with Gasteiger partial charge < -0.3 is 9.88 Å². The maximum Gasteiger partial charge on any atom is 0.256 e. The van der Waals surface area contributed by atoms with E-state index in [-0.39, 0.29) is 23.2 Å². The third-order valence-corrected chi connectivity index (χ3v) is 7.65.